The average Bonchev–Trinajstić information content (AvgIpc) is 3.33. The zero-order valence-electron chi connectivity index (χ0n) is 36.0. The van der Waals surface area contributed by atoms with Gasteiger partial charge < -0.3 is 58.5 Å². The summed E-state index contributed by atoms with van der Waals surface area (Å²) in [4.78, 5) is 16.4. The first-order chi connectivity index (χ1) is 32.0. The summed E-state index contributed by atoms with van der Waals surface area (Å²) in [5, 5.41) is 25.0. The van der Waals surface area contributed by atoms with Crippen molar-refractivity contribution in [1.82, 2.24) is 19.9 Å². The van der Waals surface area contributed by atoms with Crippen LogP contribution in [0.25, 0.3) is 21.3 Å². The van der Waals surface area contributed by atoms with E-state index in [-0.39, 0.29) is 49.6 Å². The molecule has 0 aliphatic rings. The third-order valence-corrected chi connectivity index (χ3v) is 6.60. The summed E-state index contributed by atoms with van der Waals surface area (Å²) in [5.74, 6) is 2.98. The van der Waals surface area contributed by atoms with Gasteiger partial charge in [-0.1, -0.05) is 242 Å². The van der Waals surface area contributed by atoms with Gasteiger partial charge in [0.2, 0.25) is 0 Å². The molecule has 4 aromatic heterocycles. The van der Waals surface area contributed by atoms with Crippen molar-refractivity contribution in [2.75, 3.05) is 10.7 Å². The normalized spacial score (nSPS) is 8.82. The summed E-state index contributed by atoms with van der Waals surface area (Å²) >= 11 is 19.1. The smallest absolute Gasteiger partial charge is 0.443 e. The second kappa shape index (κ2) is 43.9. The Labute approximate surface area is 441 Å². The molecule has 0 fully saturated rings. The molecule has 0 saturated heterocycles. The van der Waals surface area contributed by atoms with Crippen LogP contribution < -0.4 is 0 Å². The Kier molecular flexibility index (Phi) is 41.6. The molecule has 0 bridgehead atoms. The third-order valence-electron chi connectivity index (χ3n) is 6.60. The van der Waals surface area contributed by atoms with Crippen molar-refractivity contribution in [3.8, 4) is 6.07 Å². The van der Waals surface area contributed by atoms with E-state index in [1.807, 2.05) is 194 Å². The summed E-state index contributed by atoms with van der Waals surface area (Å²) in [6.07, 6.45) is 6.95. The molecule has 0 unspecified atom stereocenters. The van der Waals surface area contributed by atoms with Gasteiger partial charge in [0.25, 0.3) is 0 Å². The summed E-state index contributed by atoms with van der Waals surface area (Å²) in [6.45, 7) is 1.43. The Morgan fingerprint density at radius 3 is 0.676 bits per heavy atom. The van der Waals surface area contributed by atoms with Crippen LogP contribution in [0.5, 0.6) is 0 Å². The van der Waals surface area contributed by atoms with Gasteiger partial charge >= 0.3 is 46.2 Å². The van der Waals surface area contributed by atoms with Gasteiger partial charge in [-0.2, -0.15) is 5.26 Å². The predicted molar refractivity (Wildman–Crippen MR) is 268 cm³/mol. The van der Waals surface area contributed by atoms with Crippen LogP contribution in [-0.2, 0) is 39.0 Å². The molecule has 20 heteroatoms. The van der Waals surface area contributed by atoms with Gasteiger partial charge in [0, 0.05) is 6.92 Å². The van der Waals surface area contributed by atoms with E-state index in [1.54, 1.807) is 30.9 Å². The first-order valence-electron chi connectivity index (χ1n) is 19.2. The number of pyridine rings is 4. The van der Waals surface area contributed by atoms with Gasteiger partial charge in [0.05, 0.1) is 16.7 Å². The predicted octanol–water partition coefficient (Wildman–Crippen LogP) is 18.3. The van der Waals surface area contributed by atoms with Gasteiger partial charge in [0.1, 0.15) is 0 Å². The molecule has 0 aliphatic carbocycles. The fourth-order valence-electron chi connectivity index (χ4n) is 4.22. The molecule has 0 spiro atoms. The van der Waals surface area contributed by atoms with Crippen LogP contribution in [-0.4, -0.2) is 37.9 Å². The van der Waals surface area contributed by atoms with E-state index in [0.717, 1.165) is 46.0 Å². The van der Waals surface area contributed by atoms with Crippen LogP contribution in [0.4, 0.5) is 63.3 Å². The van der Waals surface area contributed by atoms with Crippen LogP contribution >= 0.6 is 46.4 Å². The molecule has 0 N–H and O–H groups in total. The van der Waals surface area contributed by atoms with Crippen molar-refractivity contribution in [3.05, 3.63) is 240 Å². The van der Waals surface area contributed by atoms with Crippen molar-refractivity contribution in [3.63, 3.8) is 0 Å². The van der Waals surface area contributed by atoms with Crippen LogP contribution in [0.1, 0.15) is 6.92 Å². The molecular formula is C48H43BCl4F4N9Ru2. The molecule has 9 nitrogen and oxygen atoms in total. The van der Waals surface area contributed by atoms with E-state index in [1.165, 1.54) is 6.92 Å². The van der Waals surface area contributed by atoms with Crippen molar-refractivity contribution < 1.29 is 56.2 Å². The third kappa shape index (κ3) is 38.5. The molecule has 355 valence electrons. The topological polar surface area (TPSA) is 132 Å². The zero-order chi connectivity index (χ0) is 48.4. The quantitative estimate of drug-likeness (QED) is 0.0849. The van der Waals surface area contributed by atoms with Gasteiger partial charge in [0.15, 0.2) is 0 Å². The number of nitrogens with zero attached hydrogens (tertiary/aromatic N) is 9. The number of nitriles is 1. The maximum absolute atomic E-state index is 9.75. The molecule has 4 aromatic carbocycles. The van der Waals surface area contributed by atoms with Crippen LogP contribution in [0, 0.1) is 11.3 Å². The second-order valence-corrected chi connectivity index (χ2v) is 13.1. The van der Waals surface area contributed by atoms with Gasteiger partial charge in [-0.3, -0.25) is 0 Å². The number of rotatable bonds is 8. The van der Waals surface area contributed by atoms with E-state index in [0.29, 0.717) is 0 Å². The van der Waals surface area contributed by atoms with Crippen molar-refractivity contribution in [1.29, 1.82) is 5.26 Å². The van der Waals surface area contributed by atoms with Crippen molar-refractivity contribution in [2.45, 2.75) is 6.92 Å². The van der Waals surface area contributed by atoms with Gasteiger partial charge in [-0.25, -0.2) is 0 Å². The Morgan fingerprint density at radius 2 is 0.544 bits per heavy atom. The minimum atomic E-state index is -6.00. The van der Waals surface area contributed by atoms with Crippen LogP contribution in [0.2, 0.25) is 0 Å². The number of para-hydroxylation sites is 4. The van der Waals surface area contributed by atoms with Crippen molar-refractivity contribution in [2.24, 2.45) is 0 Å². The Hall–Kier alpha value is -5.64. The van der Waals surface area contributed by atoms with Crippen LogP contribution in [0.3, 0.4) is 0 Å². The largest absolute Gasteiger partial charge is 3.00 e. The first-order valence-corrected chi connectivity index (χ1v) is 21.3. The summed E-state index contributed by atoms with van der Waals surface area (Å²) < 4.78 is 39.0. The maximum Gasteiger partial charge on any atom is 3.00 e. The van der Waals surface area contributed by atoms with E-state index < -0.39 is 7.25 Å². The summed E-state index contributed by atoms with van der Waals surface area (Å²) in [7, 11) is -6.00. The number of alkyl halides is 4. The molecular weight excluding hydrogens is 1130 g/mol. The van der Waals surface area contributed by atoms with Crippen LogP contribution in [0.15, 0.2) is 219 Å². The second-order valence-electron chi connectivity index (χ2n) is 11.5. The summed E-state index contributed by atoms with van der Waals surface area (Å²) in [6, 6.07) is 63.7. The molecule has 0 amide bonds. The Bertz CT molecular complexity index is 1870. The fourth-order valence-corrected chi connectivity index (χ4v) is 4.22. The maximum atomic E-state index is 9.75. The molecule has 68 heavy (non-hydrogen) atoms. The fraction of sp³-hybridized carbons (Fsp3) is 0.0625. The molecule has 8 rings (SSSR count). The minimum absolute atomic E-state index is 0. The standard InChI is InChI=1S/4C11H9N2.C2H3N.2CH2Cl2.BF4.2Ru/c4*1-2-6-10(7-3-1)13-11-8-4-5-9-12-11;1-2-3;2*2-1-3;2-1(3,4)5;;/h4*1-9H;1H3;2*1H2;;;/q4*-1;;;;-1;+2;+3. The summed E-state index contributed by atoms with van der Waals surface area (Å²) in [5.41, 5.74) is 3.73. The molecule has 4 heterocycles. The Morgan fingerprint density at radius 1 is 0.397 bits per heavy atom. The molecule has 0 atom stereocenters. The number of halogens is 8. The molecule has 1 radical (unpaired) electrons. The monoisotopic (exact) mass is 1180 g/mol. The average molecular weight is 1180 g/mol. The SMILES string of the molecule is CC#N.ClCCl.ClCCl.F[B-](F)(F)F.[Ru+2].[Ru+3].c1ccc([N-]c2ccccn2)cc1.c1ccc([N-]c2ccccn2)cc1.c1ccc([N-]c2ccccn2)cc1.c1ccc([N-]c2ccccn2)cc1. The van der Waals surface area contributed by atoms with Gasteiger partial charge in [-0.15, -0.1) is 46.4 Å². The molecule has 0 saturated carbocycles. The first kappa shape index (κ1) is 64.4. The number of benzene rings is 4. The molecule has 8 aromatic rings. The Balaban J connectivity index is 0. The van der Waals surface area contributed by atoms with E-state index in [9.17, 15) is 17.3 Å². The zero-order valence-corrected chi connectivity index (χ0v) is 42.5. The van der Waals surface area contributed by atoms with E-state index in [4.69, 9.17) is 51.7 Å². The van der Waals surface area contributed by atoms with Crippen molar-refractivity contribution >= 4 is 99.7 Å². The molecule has 0 aliphatic heterocycles. The minimum Gasteiger partial charge on any atom is -0.443 e. The van der Waals surface area contributed by atoms with E-state index >= 15 is 0 Å². The van der Waals surface area contributed by atoms with Gasteiger partial charge in [-0.05, 0) is 22.7 Å². The number of hydrogen-bond donors (Lipinski definition) is 0. The number of hydrogen-bond acceptors (Lipinski definition) is 5. The van der Waals surface area contributed by atoms with E-state index in [2.05, 4.69) is 41.2 Å². The number of aromatic nitrogens is 4.